The Labute approximate surface area is 200 Å². The number of sulfonamides is 1. The number of aromatic nitrogens is 1. The summed E-state index contributed by atoms with van der Waals surface area (Å²) in [5.74, 6) is -0.680. The number of benzene rings is 2. The number of fused-ring (bicyclic) bond motifs is 1. The quantitative estimate of drug-likeness (QED) is 0.491. The summed E-state index contributed by atoms with van der Waals surface area (Å²) in [5.41, 5.74) is 1.70. The molecule has 1 heterocycles. The zero-order valence-electron chi connectivity index (χ0n) is 19.0. The van der Waals surface area contributed by atoms with Crippen LogP contribution in [0.25, 0.3) is 27.6 Å². The second-order valence-electron chi connectivity index (χ2n) is 8.27. The van der Waals surface area contributed by atoms with E-state index in [-0.39, 0.29) is 34.2 Å². The summed E-state index contributed by atoms with van der Waals surface area (Å²) in [6, 6.07) is 8.76. The molecule has 0 spiro atoms. The fraction of sp³-hybridized carbons (Fsp3) is 0.200. The first-order chi connectivity index (χ1) is 16.4. The van der Waals surface area contributed by atoms with Gasteiger partial charge in [-0.15, -0.1) is 0 Å². The van der Waals surface area contributed by atoms with E-state index in [2.05, 4.69) is 9.71 Å². The van der Waals surface area contributed by atoms with Crippen molar-refractivity contribution in [2.75, 3.05) is 18.1 Å². The molecule has 0 saturated carbocycles. The minimum atomic E-state index is -4.73. The average molecular weight is 503 g/mol. The monoisotopic (exact) mass is 502 g/mol. The molecule has 4 rings (SSSR count). The van der Waals surface area contributed by atoms with Crippen molar-refractivity contribution < 1.29 is 31.1 Å². The van der Waals surface area contributed by atoms with E-state index in [4.69, 9.17) is 4.74 Å². The van der Waals surface area contributed by atoms with Crippen LogP contribution in [-0.4, -0.2) is 32.6 Å². The average Bonchev–Trinajstić information content (AvgIpc) is 2.76. The van der Waals surface area contributed by atoms with E-state index in [0.29, 0.717) is 16.8 Å². The number of ketones is 1. The van der Waals surface area contributed by atoms with Gasteiger partial charge >= 0.3 is 6.18 Å². The smallest absolute Gasteiger partial charge is 0.420 e. The van der Waals surface area contributed by atoms with E-state index >= 15 is 0 Å². The third-order valence-electron chi connectivity index (χ3n) is 5.52. The number of carbonyl (C=O) groups excluding carboxylic acids is 1. The van der Waals surface area contributed by atoms with Crippen LogP contribution in [0.3, 0.4) is 0 Å². The van der Waals surface area contributed by atoms with Gasteiger partial charge in [-0.05, 0) is 36.8 Å². The Hall–Kier alpha value is -3.66. The number of allylic oxidation sites excluding steroid dienone is 4. The molecule has 3 aromatic rings. The maximum absolute atomic E-state index is 14.0. The number of alkyl halides is 3. The molecule has 0 atom stereocenters. The van der Waals surface area contributed by atoms with E-state index in [0.717, 1.165) is 25.0 Å². The molecule has 0 amide bonds. The van der Waals surface area contributed by atoms with Crippen LogP contribution in [0.1, 0.15) is 24.5 Å². The van der Waals surface area contributed by atoms with Crippen molar-refractivity contribution >= 4 is 38.0 Å². The van der Waals surface area contributed by atoms with Gasteiger partial charge in [-0.2, -0.15) is 13.2 Å². The predicted octanol–water partition coefficient (Wildman–Crippen LogP) is 5.60. The molecule has 2 aromatic carbocycles. The molecule has 6 nitrogen and oxygen atoms in total. The van der Waals surface area contributed by atoms with Gasteiger partial charge in [-0.3, -0.25) is 14.5 Å². The number of nitrogens with zero attached hydrogens (tertiary/aromatic N) is 1. The molecule has 1 aliphatic carbocycles. The zero-order chi connectivity index (χ0) is 25.5. The van der Waals surface area contributed by atoms with Gasteiger partial charge in [0, 0.05) is 40.4 Å². The van der Waals surface area contributed by atoms with Gasteiger partial charge in [0.25, 0.3) is 0 Å². The highest BCUT2D eigenvalue weighted by Gasteiger charge is 2.37. The Morgan fingerprint density at radius 2 is 1.74 bits per heavy atom. The summed E-state index contributed by atoms with van der Waals surface area (Å²) in [4.78, 5) is 17.1. The van der Waals surface area contributed by atoms with Crippen molar-refractivity contribution in [2.45, 2.75) is 19.5 Å². The minimum Gasteiger partial charge on any atom is -0.495 e. The van der Waals surface area contributed by atoms with Crippen LogP contribution in [0.4, 0.5) is 18.9 Å². The summed E-state index contributed by atoms with van der Waals surface area (Å²) < 4.78 is 72.4. The van der Waals surface area contributed by atoms with Crippen LogP contribution in [0, 0.1) is 0 Å². The standard InChI is InChI=1S/C25H21F3N2O4S/c1-14-4-9-18(22(31)10-14)19-12-21(25(26,27)28)24(34-2)20-11-16(13-29-23(19)20)15-5-7-17(8-6-15)30-35(3,32)33/h4-9,11-13,30H,10H2,1-3H3. The topological polar surface area (TPSA) is 85.4 Å². The largest absolute Gasteiger partial charge is 0.495 e. The summed E-state index contributed by atoms with van der Waals surface area (Å²) in [6.45, 7) is 1.78. The summed E-state index contributed by atoms with van der Waals surface area (Å²) in [6.07, 6.45) is 1.14. The maximum atomic E-state index is 14.0. The summed E-state index contributed by atoms with van der Waals surface area (Å²) >= 11 is 0. The highest BCUT2D eigenvalue weighted by Crippen LogP contribution is 2.44. The third kappa shape index (κ3) is 5.07. The van der Waals surface area contributed by atoms with Crippen molar-refractivity contribution in [3.8, 4) is 16.9 Å². The van der Waals surface area contributed by atoms with Crippen molar-refractivity contribution in [3.05, 3.63) is 71.4 Å². The van der Waals surface area contributed by atoms with E-state index < -0.39 is 27.5 Å². The number of nitrogens with one attached hydrogen (secondary N) is 1. The fourth-order valence-electron chi connectivity index (χ4n) is 3.98. The lowest BCUT2D eigenvalue weighted by Gasteiger charge is -2.19. The molecule has 1 N–H and O–H groups in total. The van der Waals surface area contributed by atoms with Crippen molar-refractivity contribution in [2.24, 2.45) is 0 Å². The molecular weight excluding hydrogens is 481 g/mol. The van der Waals surface area contributed by atoms with Crippen LogP contribution in [0.5, 0.6) is 5.75 Å². The van der Waals surface area contributed by atoms with Crippen LogP contribution < -0.4 is 9.46 Å². The Balaban J connectivity index is 1.93. The third-order valence-corrected chi connectivity index (χ3v) is 6.12. The Morgan fingerprint density at radius 3 is 2.31 bits per heavy atom. The van der Waals surface area contributed by atoms with E-state index in [1.54, 1.807) is 25.1 Å². The molecule has 35 heavy (non-hydrogen) atoms. The first-order valence-electron chi connectivity index (χ1n) is 10.4. The molecule has 0 saturated heterocycles. The minimum absolute atomic E-state index is 0.0844. The van der Waals surface area contributed by atoms with E-state index in [1.165, 1.54) is 30.5 Å². The van der Waals surface area contributed by atoms with Crippen LogP contribution >= 0.6 is 0 Å². The van der Waals surface area contributed by atoms with E-state index in [1.807, 2.05) is 0 Å². The predicted molar refractivity (Wildman–Crippen MR) is 129 cm³/mol. The summed E-state index contributed by atoms with van der Waals surface area (Å²) in [5, 5.41) is 0.105. The molecular formula is C25H21F3N2O4S. The van der Waals surface area contributed by atoms with Crippen LogP contribution in [0.2, 0.25) is 0 Å². The van der Waals surface area contributed by atoms with Gasteiger partial charge in [0.15, 0.2) is 5.78 Å². The number of carbonyl (C=O) groups is 1. The highest BCUT2D eigenvalue weighted by atomic mass is 32.2. The number of ether oxygens (including phenoxy) is 1. The molecule has 0 bridgehead atoms. The second-order valence-corrected chi connectivity index (χ2v) is 10.0. The lowest BCUT2D eigenvalue weighted by Crippen LogP contribution is -2.12. The van der Waals surface area contributed by atoms with Gasteiger partial charge in [0.1, 0.15) is 5.75 Å². The molecule has 0 unspecified atom stereocenters. The second kappa shape index (κ2) is 8.84. The van der Waals surface area contributed by atoms with Gasteiger partial charge in [-0.1, -0.05) is 29.9 Å². The first-order valence-corrected chi connectivity index (χ1v) is 12.3. The van der Waals surface area contributed by atoms with Gasteiger partial charge in [0.05, 0.1) is 24.4 Å². The SMILES string of the molecule is COc1c(C(F)(F)F)cc(C2=CC=C(C)CC2=O)c2ncc(-c3ccc(NS(C)(=O)=O)cc3)cc12. The molecule has 0 radical (unpaired) electrons. The molecule has 0 aliphatic heterocycles. The fourth-order valence-corrected chi connectivity index (χ4v) is 4.54. The normalized spacial score (nSPS) is 14.5. The van der Waals surface area contributed by atoms with Gasteiger partial charge < -0.3 is 4.74 Å². The number of methoxy groups -OCH3 is 1. The lowest BCUT2D eigenvalue weighted by atomic mass is 9.89. The van der Waals surface area contributed by atoms with Crippen LogP contribution in [0.15, 0.2) is 60.3 Å². The van der Waals surface area contributed by atoms with Gasteiger partial charge in [0.2, 0.25) is 10.0 Å². The molecule has 0 fully saturated rings. The van der Waals surface area contributed by atoms with E-state index in [9.17, 15) is 26.4 Å². The number of anilines is 1. The Morgan fingerprint density at radius 1 is 1.06 bits per heavy atom. The molecule has 182 valence electrons. The number of rotatable bonds is 5. The Kier molecular flexibility index (Phi) is 6.18. The number of halogens is 3. The van der Waals surface area contributed by atoms with Crippen molar-refractivity contribution in [3.63, 3.8) is 0 Å². The molecule has 1 aromatic heterocycles. The number of hydrogen-bond acceptors (Lipinski definition) is 5. The number of pyridine rings is 1. The number of Topliss-reactive ketones (excluding diaryl/α,β-unsaturated/α-hetero) is 1. The first kappa shape index (κ1) is 24.5. The van der Waals surface area contributed by atoms with Crippen molar-refractivity contribution in [1.29, 1.82) is 0 Å². The van der Waals surface area contributed by atoms with Crippen LogP contribution in [-0.2, 0) is 21.0 Å². The lowest BCUT2D eigenvalue weighted by molar-refractivity contribution is -0.138. The molecule has 1 aliphatic rings. The maximum Gasteiger partial charge on any atom is 0.420 e. The van der Waals surface area contributed by atoms with Gasteiger partial charge in [-0.25, -0.2) is 8.42 Å². The van der Waals surface area contributed by atoms with Crippen molar-refractivity contribution in [1.82, 2.24) is 4.98 Å². The Bertz CT molecular complexity index is 1510. The summed E-state index contributed by atoms with van der Waals surface area (Å²) in [7, 11) is -2.31. The zero-order valence-corrected chi connectivity index (χ0v) is 19.8. The molecule has 10 heteroatoms. The highest BCUT2D eigenvalue weighted by molar-refractivity contribution is 7.92. The number of hydrogen-bond donors (Lipinski definition) is 1.